The second kappa shape index (κ2) is 8.51. The number of rotatable bonds is 7. The molecule has 0 unspecified atom stereocenters. The molecule has 1 aliphatic heterocycles. The van der Waals surface area contributed by atoms with Crippen molar-refractivity contribution in [3.63, 3.8) is 0 Å². The fourth-order valence-corrected chi connectivity index (χ4v) is 4.52. The molecule has 0 radical (unpaired) electrons. The molecule has 5 rings (SSSR count). The normalized spacial score (nSPS) is 21.6. The summed E-state index contributed by atoms with van der Waals surface area (Å²) in [7, 11) is 0. The molecule has 0 spiro atoms. The van der Waals surface area contributed by atoms with Gasteiger partial charge in [0, 0.05) is 19.6 Å². The highest BCUT2D eigenvalue weighted by Gasteiger charge is 2.43. The third-order valence-electron chi connectivity index (χ3n) is 6.12. The average molecular weight is 426 g/mol. The van der Waals surface area contributed by atoms with Gasteiger partial charge in [0.15, 0.2) is 5.82 Å². The van der Waals surface area contributed by atoms with E-state index < -0.39 is 0 Å². The van der Waals surface area contributed by atoms with Crippen LogP contribution in [-0.2, 0) is 0 Å². The summed E-state index contributed by atoms with van der Waals surface area (Å²) in [6, 6.07) is 0. The lowest BCUT2D eigenvalue weighted by Crippen LogP contribution is -2.35. The van der Waals surface area contributed by atoms with Crippen molar-refractivity contribution in [3.8, 4) is 5.82 Å². The second-order valence-electron chi connectivity index (χ2n) is 8.00. The topological polar surface area (TPSA) is 97.5 Å². The van der Waals surface area contributed by atoms with Gasteiger partial charge in [-0.25, -0.2) is 29.6 Å². The molecule has 0 aromatic carbocycles. The van der Waals surface area contributed by atoms with Crippen molar-refractivity contribution >= 4 is 23.4 Å². The molecule has 4 heterocycles. The summed E-state index contributed by atoms with van der Waals surface area (Å²) in [4.78, 5) is 23.7. The van der Waals surface area contributed by atoms with Gasteiger partial charge in [-0.05, 0) is 43.4 Å². The SMILES string of the molecule is Clc1cnc(N2CCC([C@H]3C[C@H]3CCNc3cnc(-n4cncn4)cn3)CC2)nc1. The molecular weight excluding hydrogens is 402 g/mol. The van der Waals surface area contributed by atoms with E-state index in [-0.39, 0.29) is 0 Å². The first-order valence-electron chi connectivity index (χ1n) is 10.4. The predicted octanol–water partition coefficient (Wildman–Crippen LogP) is 2.86. The number of aromatic nitrogens is 7. The first kappa shape index (κ1) is 19.2. The summed E-state index contributed by atoms with van der Waals surface area (Å²) in [6.45, 7) is 2.99. The summed E-state index contributed by atoms with van der Waals surface area (Å²) in [5, 5.41) is 8.03. The molecule has 10 heteroatoms. The van der Waals surface area contributed by atoms with E-state index in [2.05, 4.69) is 40.2 Å². The molecule has 9 nitrogen and oxygen atoms in total. The summed E-state index contributed by atoms with van der Waals surface area (Å²) >= 11 is 5.89. The lowest BCUT2D eigenvalue weighted by molar-refractivity contribution is 0.343. The van der Waals surface area contributed by atoms with Gasteiger partial charge in [0.25, 0.3) is 0 Å². The van der Waals surface area contributed by atoms with Crippen LogP contribution in [0.1, 0.15) is 25.7 Å². The molecule has 0 amide bonds. The lowest BCUT2D eigenvalue weighted by atomic mass is 9.90. The molecule has 30 heavy (non-hydrogen) atoms. The van der Waals surface area contributed by atoms with Gasteiger partial charge in [-0.3, -0.25) is 0 Å². The highest BCUT2D eigenvalue weighted by atomic mass is 35.5. The van der Waals surface area contributed by atoms with Crippen molar-refractivity contribution in [2.45, 2.75) is 25.7 Å². The molecule has 2 aliphatic rings. The zero-order valence-electron chi connectivity index (χ0n) is 16.6. The highest BCUT2D eigenvalue weighted by molar-refractivity contribution is 6.30. The number of hydrogen-bond donors (Lipinski definition) is 1. The number of nitrogens with one attached hydrogen (secondary N) is 1. The van der Waals surface area contributed by atoms with Crippen LogP contribution in [0.4, 0.5) is 11.8 Å². The van der Waals surface area contributed by atoms with Crippen molar-refractivity contribution in [1.82, 2.24) is 34.7 Å². The summed E-state index contributed by atoms with van der Waals surface area (Å²) in [5.41, 5.74) is 0. The fraction of sp³-hybridized carbons (Fsp3) is 0.500. The number of anilines is 2. The largest absolute Gasteiger partial charge is 0.369 e. The van der Waals surface area contributed by atoms with Gasteiger partial charge in [-0.1, -0.05) is 11.6 Å². The van der Waals surface area contributed by atoms with Crippen LogP contribution in [0, 0.1) is 17.8 Å². The maximum Gasteiger partial charge on any atom is 0.225 e. The predicted molar refractivity (Wildman–Crippen MR) is 114 cm³/mol. The maximum absolute atomic E-state index is 5.89. The molecule has 1 saturated carbocycles. The molecule has 2 atom stereocenters. The standard InChI is InChI=1S/C20H24ClN9/c21-16-8-26-20(27-9-16)29-5-2-14(3-6-29)17-7-15(17)1-4-23-18-10-25-19(11-24-18)30-13-22-12-28-30/h8-15,17H,1-7H2,(H,23,24)/t15-,17-/m1/s1. The number of piperidine rings is 1. The van der Waals surface area contributed by atoms with Crippen LogP contribution in [0.25, 0.3) is 5.82 Å². The first-order chi connectivity index (χ1) is 14.8. The molecule has 3 aromatic heterocycles. The Kier molecular flexibility index (Phi) is 5.44. The highest BCUT2D eigenvalue weighted by Crippen LogP contribution is 2.49. The Morgan fingerprint density at radius 2 is 1.87 bits per heavy atom. The smallest absolute Gasteiger partial charge is 0.225 e. The van der Waals surface area contributed by atoms with E-state index in [9.17, 15) is 0 Å². The number of hydrogen-bond acceptors (Lipinski definition) is 8. The van der Waals surface area contributed by atoms with E-state index in [1.165, 1.54) is 32.0 Å². The monoisotopic (exact) mass is 425 g/mol. The zero-order valence-corrected chi connectivity index (χ0v) is 17.4. The fourth-order valence-electron chi connectivity index (χ4n) is 4.42. The van der Waals surface area contributed by atoms with Crippen LogP contribution in [0.15, 0.2) is 37.4 Å². The Morgan fingerprint density at radius 3 is 2.57 bits per heavy atom. The maximum atomic E-state index is 5.89. The Morgan fingerprint density at radius 1 is 1.03 bits per heavy atom. The Balaban J connectivity index is 1.03. The van der Waals surface area contributed by atoms with Crippen molar-refractivity contribution in [2.75, 3.05) is 29.9 Å². The molecule has 2 fully saturated rings. The molecular formula is C20H24ClN9. The van der Waals surface area contributed by atoms with E-state index in [0.29, 0.717) is 10.8 Å². The molecule has 0 bridgehead atoms. The minimum atomic E-state index is 0.584. The van der Waals surface area contributed by atoms with Crippen LogP contribution in [0.5, 0.6) is 0 Å². The first-order valence-corrected chi connectivity index (χ1v) is 10.8. The molecule has 3 aromatic rings. The van der Waals surface area contributed by atoms with E-state index >= 15 is 0 Å². The third kappa shape index (κ3) is 4.35. The minimum Gasteiger partial charge on any atom is -0.369 e. The minimum absolute atomic E-state index is 0.584. The lowest BCUT2D eigenvalue weighted by Gasteiger charge is -2.32. The van der Waals surface area contributed by atoms with E-state index in [1.807, 2.05) is 0 Å². The van der Waals surface area contributed by atoms with E-state index in [1.54, 1.807) is 35.8 Å². The van der Waals surface area contributed by atoms with Crippen molar-refractivity contribution in [2.24, 2.45) is 17.8 Å². The van der Waals surface area contributed by atoms with Crippen molar-refractivity contribution in [1.29, 1.82) is 0 Å². The van der Waals surface area contributed by atoms with Crippen LogP contribution in [0.2, 0.25) is 5.02 Å². The zero-order chi connectivity index (χ0) is 20.3. The molecule has 1 aliphatic carbocycles. The molecule has 1 saturated heterocycles. The Labute approximate surface area is 180 Å². The molecule has 156 valence electrons. The quantitative estimate of drug-likeness (QED) is 0.617. The van der Waals surface area contributed by atoms with Gasteiger partial charge in [-0.2, -0.15) is 5.10 Å². The summed E-state index contributed by atoms with van der Waals surface area (Å²) in [6.07, 6.45) is 14.8. The van der Waals surface area contributed by atoms with E-state index in [4.69, 9.17) is 11.6 Å². The van der Waals surface area contributed by atoms with Crippen LogP contribution >= 0.6 is 11.6 Å². The number of nitrogens with zero attached hydrogens (tertiary/aromatic N) is 8. The molecule has 1 N–H and O–H groups in total. The van der Waals surface area contributed by atoms with Gasteiger partial charge >= 0.3 is 0 Å². The number of halogens is 1. The third-order valence-corrected chi connectivity index (χ3v) is 6.32. The van der Waals surface area contributed by atoms with Gasteiger partial charge < -0.3 is 10.2 Å². The summed E-state index contributed by atoms with van der Waals surface area (Å²) in [5.74, 6) is 4.76. The Bertz CT molecular complexity index is 937. The van der Waals surface area contributed by atoms with Gasteiger partial charge in [0.05, 0.1) is 29.8 Å². The Hall–Kier alpha value is -2.81. The van der Waals surface area contributed by atoms with Crippen LogP contribution in [-0.4, -0.2) is 54.3 Å². The van der Waals surface area contributed by atoms with Gasteiger partial charge in [0.1, 0.15) is 18.5 Å². The van der Waals surface area contributed by atoms with Gasteiger partial charge in [0.2, 0.25) is 5.95 Å². The van der Waals surface area contributed by atoms with Gasteiger partial charge in [-0.15, -0.1) is 0 Å². The van der Waals surface area contributed by atoms with Crippen LogP contribution in [0.3, 0.4) is 0 Å². The average Bonchev–Trinajstić information content (AvgIpc) is 3.34. The van der Waals surface area contributed by atoms with E-state index in [0.717, 1.165) is 49.2 Å². The van der Waals surface area contributed by atoms with Crippen molar-refractivity contribution in [3.05, 3.63) is 42.5 Å². The van der Waals surface area contributed by atoms with Crippen LogP contribution < -0.4 is 10.2 Å². The second-order valence-corrected chi connectivity index (χ2v) is 8.44. The summed E-state index contributed by atoms with van der Waals surface area (Å²) < 4.78 is 1.59. The van der Waals surface area contributed by atoms with Crippen molar-refractivity contribution < 1.29 is 0 Å².